The molecule has 1 aliphatic rings. The molecule has 1 heterocycles. The molecule has 2 N–H and O–H groups in total. The Morgan fingerprint density at radius 1 is 1.16 bits per heavy atom. The van der Waals surface area contributed by atoms with Crippen molar-refractivity contribution in [2.75, 3.05) is 0 Å². The summed E-state index contributed by atoms with van der Waals surface area (Å²) < 4.78 is 14.0. The van der Waals surface area contributed by atoms with Crippen LogP contribution in [0.15, 0.2) is 41.6 Å². The summed E-state index contributed by atoms with van der Waals surface area (Å²) >= 11 is 18.1. The second kappa shape index (κ2) is 7.35. The Hall–Kier alpha value is -1.57. The van der Waals surface area contributed by atoms with Crippen LogP contribution in [0.1, 0.15) is 17.2 Å². The van der Waals surface area contributed by atoms with E-state index in [0.717, 1.165) is 0 Å². The summed E-state index contributed by atoms with van der Waals surface area (Å²) in [5, 5.41) is 24.8. The quantitative estimate of drug-likeness (QED) is 0.809. The molecular weight excluding hydrogens is 394 g/mol. The van der Waals surface area contributed by atoms with Crippen LogP contribution in [-0.2, 0) is 11.4 Å². The first-order valence-electron chi connectivity index (χ1n) is 7.13. The fourth-order valence-corrected chi connectivity index (χ4v) is 3.05. The Kier molecular flexibility index (Phi) is 5.36. The fraction of sp³-hybridized carbons (Fsp3) is 0.188. The Bertz CT molecular complexity index is 814. The first-order chi connectivity index (χ1) is 11.9. The van der Waals surface area contributed by atoms with Gasteiger partial charge in [0.1, 0.15) is 11.9 Å². The lowest BCUT2D eigenvalue weighted by atomic mass is 10.1. The molecule has 0 aromatic heterocycles. The van der Waals surface area contributed by atoms with E-state index in [-0.39, 0.29) is 38.6 Å². The number of nitrogens with zero attached hydrogens (tertiary/aromatic N) is 2. The summed E-state index contributed by atoms with van der Waals surface area (Å²) in [5.41, 5.74) is 0.404. The summed E-state index contributed by atoms with van der Waals surface area (Å²) in [5.74, 6) is -0.600. The minimum absolute atomic E-state index is 0.0454. The van der Waals surface area contributed by atoms with Gasteiger partial charge in [0, 0.05) is 16.1 Å². The van der Waals surface area contributed by atoms with Crippen molar-refractivity contribution in [1.82, 2.24) is 4.90 Å². The van der Waals surface area contributed by atoms with Gasteiger partial charge in [-0.05, 0) is 18.2 Å². The minimum atomic E-state index is -1.50. The van der Waals surface area contributed by atoms with Crippen molar-refractivity contribution in [2.24, 2.45) is 5.16 Å². The molecule has 0 saturated heterocycles. The number of aliphatic hydroxyl groups excluding tert-OH is 2. The summed E-state index contributed by atoms with van der Waals surface area (Å²) in [6, 6.07) is 8.96. The molecule has 0 spiro atoms. The van der Waals surface area contributed by atoms with Crippen molar-refractivity contribution < 1.29 is 19.4 Å². The number of rotatable bonds is 4. The molecule has 0 aliphatic carbocycles. The van der Waals surface area contributed by atoms with Crippen LogP contribution in [0.3, 0.4) is 0 Å². The largest absolute Gasteiger partial charge is 0.380 e. The molecule has 9 heteroatoms. The van der Waals surface area contributed by atoms with Crippen LogP contribution >= 0.6 is 34.8 Å². The number of amidine groups is 1. The van der Waals surface area contributed by atoms with Crippen molar-refractivity contribution in [3.63, 3.8) is 0 Å². The predicted octanol–water partition coefficient (Wildman–Crippen LogP) is 3.94. The van der Waals surface area contributed by atoms with E-state index in [0.29, 0.717) is 0 Å². The standard InChI is InChI=1S/C16H12Cl3FN2O3/c17-10-4-2-6-12(20)9(10)7-22-15(21-25-16(22)24)14(23)8-3-1-5-11(18)13(8)19/h1-6,14,16,23-24H,7H2. The smallest absolute Gasteiger partial charge is 0.307 e. The lowest BCUT2D eigenvalue weighted by molar-refractivity contribution is -0.148. The highest BCUT2D eigenvalue weighted by Crippen LogP contribution is 2.33. The fourth-order valence-electron chi connectivity index (χ4n) is 2.41. The molecule has 0 saturated carbocycles. The number of benzene rings is 2. The van der Waals surface area contributed by atoms with Gasteiger partial charge in [0.2, 0.25) is 0 Å². The van der Waals surface area contributed by atoms with Crippen molar-refractivity contribution in [2.45, 2.75) is 19.1 Å². The van der Waals surface area contributed by atoms with Gasteiger partial charge in [0.15, 0.2) is 5.84 Å². The van der Waals surface area contributed by atoms with Crippen LogP contribution in [-0.4, -0.2) is 27.4 Å². The highest BCUT2D eigenvalue weighted by Gasteiger charge is 2.35. The van der Waals surface area contributed by atoms with Gasteiger partial charge in [0.05, 0.1) is 16.6 Å². The Morgan fingerprint density at radius 2 is 1.84 bits per heavy atom. The average molecular weight is 406 g/mol. The molecule has 0 bridgehead atoms. The third-order valence-electron chi connectivity index (χ3n) is 3.71. The summed E-state index contributed by atoms with van der Waals surface area (Å²) in [7, 11) is 0. The molecule has 25 heavy (non-hydrogen) atoms. The zero-order valence-electron chi connectivity index (χ0n) is 12.5. The van der Waals surface area contributed by atoms with E-state index < -0.39 is 18.3 Å². The molecule has 132 valence electrons. The van der Waals surface area contributed by atoms with E-state index in [2.05, 4.69) is 5.16 Å². The third kappa shape index (κ3) is 3.54. The lowest BCUT2D eigenvalue weighted by Gasteiger charge is -2.25. The topological polar surface area (TPSA) is 65.3 Å². The van der Waals surface area contributed by atoms with E-state index in [4.69, 9.17) is 39.6 Å². The maximum Gasteiger partial charge on any atom is 0.307 e. The molecule has 5 nitrogen and oxygen atoms in total. The van der Waals surface area contributed by atoms with Crippen LogP contribution in [0.5, 0.6) is 0 Å². The lowest BCUT2D eigenvalue weighted by Crippen LogP contribution is -2.38. The van der Waals surface area contributed by atoms with Gasteiger partial charge < -0.3 is 15.1 Å². The van der Waals surface area contributed by atoms with Crippen LogP contribution in [0, 0.1) is 5.82 Å². The SMILES string of the molecule is OC(C1=NOC(O)N1Cc1c(F)cccc1Cl)c1cccc(Cl)c1Cl. The molecule has 2 aromatic rings. The molecule has 3 rings (SSSR count). The van der Waals surface area contributed by atoms with Crippen LogP contribution < -0.4 is 0 Å². The maximum atomic E-state index is 14.0. The summed E-state index contributed by atoms with van der Waals surface area (Å²) in [6.45, 7) is -0.166. The average Bonchev–Trinajstić information content (AvgIpc) is 2.94. The predicted molar refractivity (Wildman–Crippen MR) is 92.9 cm³/mol. The number of halogens is 4. The van der Waals surface area contributed by atoms with Gasteiger partial charge in [0.25, 0.3) is 0 Å². The van der Waals surface area contributed by atoms with E-state index in [1.807, 2.05) is 0 Å². The van der Waals surface area contributed by atoms with Crippen LogP contribution in [0.4, 0.5) is 4.39 Å². The molecule has 0 amide bonds. The van der Waals surface area contributed by atoms with Crippen molar-refractivity contribution in [3.8, 4) is 0 Å². The maximum absolute atomic E-state index is 14.0. The molecule has 0 fully saturated rings. The first-order valence-corrected chi connectivity index (χ1v) is 8.27. The molecule has 2 unspecified atom stereocenters. The second-order valence-corrected chi connectivity index (χ2v) is 6.45. The molecular formula is C16H12Cl3FN2O3. The van der Waals surface area contributed by atoms with Gasteiger partial charge in [-0.3, -0.25) is 4.90 Å². The van der Waals surface area contributed by atoms with Crippen LogP contribution in [0.25, 0.3) is 0 Å². The van der Waals surface area contributed by atoms with Gasteiger partial charge in [-0.1, -0.05) is 58.2 Å². The van der Waals surface area contributed by atoms with E-state index >= 15 is 0 Å². The van der Waals surface area contributed by atoms with Crippen molar-refractivity contribution in [3.05, 3.63) is 68.4 Å². The number of hydrogen-bond acceptors (Lipinski definition) is 5. The highest BCUT2D eigenvalue weighted by atomic mass is 35.5. The van der Waals surface area contributed by atoms with E-state index in [9.17, 15) is 14.6 Å². The monoisotopic (exact) mass is 404 g/mol. The van der Waals surface area contributed by atoms with Crippen LogP contribution in [0.2, 0.25) is 15.1 Å². The second-order valence-electron chi connectivity index (χ2n) is 5.25. The summed E-state index contributed by atoms with van der Waals surface area (Å²) in [4.78, 5) is 5.98. The van der Waals surface area contributed by atoms with Crippen molar-refractivity contribution >= 4 is 40.6 Å². The molecule has 2 aromatic carbocycles. The Balaban J connectivity index is 1.92. The normalized spacial score (nSPS) is 18.1. The zero-order valence-corrected chi connectivity index (χ0v) is 14.8. The van der Waals surface area contributed by atoms with Crippen molar-refractivity contribution in [1.29, 1.82) is 0 Å². The summed E-state index contributed by atoms with van der Waals surface area (Å²) in [6.07, 6.45) is -2.84. The van der Waals surface area contributed by atoms with Gasteiger partial charge in [-0.25, -0.2) is 4.39 Å². The van der Waals surface area contributed by atoms with Gasteiger partial charge in [-0.15, -0.1) is 0 Å². The Morgan fingerprint density at radius 3 is 2.56 bits per heavy atom. The zero-order chi connectivity index (χ0) is 18.1. The number of aliphatic hydroxyl groups is 2. The molecule has 0 radical (unpaired) electrons. The molecule has 1 aliphatic heterocycles. The first kappa shape index (κ1) is 18.2. The Labute approximate surface area is 157 Å². The van der Waals surface area contributed by atoms with Gasteiger partial charge in [-0.2, -0.15) is 0 Å². The van der Waals surface area contributed by atoms with Gasteiger partial charge >= 0.3 is 6.41 Å². The minimum Gasteiger partial charge on any atom is -0.380 e. The third-order valence-corrected chi connectivity index (χ3v) is 4.90. The van der Waals surface area contributed by atoms with E-state index in [1.165, 1.54) is 23.1 Å². The van der Waals surface area contributed by atoms with E-state index in [1.54, 1.807) is 18.2 Å². The number of hydrogen-bond donors (Lipinski definition) is 2. The number of oxime groups is 1. The molecule has 2 atom stereocenters. The highest BCUT2D eigenvalue weighted by molar-refractivity contribution is 6.42.